The van der Waals surface area contributed by atoms with Gasteiger partial charge in [0.25, 0.3) is 0 Å². The number of ether oxygens (including phenoxy) is 1. The van der Waals surface area contributed by atoms with Gasteiger partial charge in [0.2, 0.25) is 0 Å². The molecule has 11 heavy (non-hydrogen) atoms. The maximum Gasteiger partial charge on any atom is 0.0808 e. The van der Waals surface area contributed by atoms with E-state index in [1.807, 2.05) is 0 Å². The van der Waals surface area contributed by atoms with Gasteiger partial charge in [0, 0.05) is 0 Å². The van der Waals surface area contributed by atoms with E-state index in [0.717, 1.165) is 0 Å². The fraction of sp³-hybridized carbons (Fsp3) is 0.400. The molecule has 1 aromatic rings. The largest absolute Gasteiger partial charge is 0.366 e. The topological polar surface area (TPSA) is 9.23 Å². The highest BCUT2D eigenvalue weighted by molar-refractivity contribution is 5.33. The number of fused-ring (bicyclic) bond motifs is 1. The molecule has 0 unspecified atom stereocenters. The molecule has 0 N–H and O–H groups in total. The highest BCUT2D eigenvalue weighted by atomic mass is 16.5. The van der Waals surface area contributed by atoms with Gasteiger partial charge < -0.3 is 4.74 Å². The first-order chi connectivity index (χ1) is 5.29. The van der Waals surface area contributed by atoms with Gasteiger partial charge in [-0.25, -0.2) is 0 Å². The van der Waals surface area contributed by atoms with Gasteiger partial charge in [-0.2, -0.15) is 0 Å². The van der Waals surface area contributed by atoms with Crippen LogP contribution in [0.2, 0.25) is 0 Å². The summed E-state index contributed by atoms with van der Waals surface area (Å²) in [6, 6.07) is 8.42. The number of hydrogen-bond donors (Lipinski definition) is 0. The molecule has 0 saturated carbocycles. The monoisotopic (exact) mass is 148 g/mol. The molecular formula is C10H12O. The Kier molecular flexibility index (Phi) is 1.46. The summed E-state index contributed by atoms with van der Waals surface area (Å²) in [7, 11) is 0. The first-order valence-corrected chi connectivity index (χ1v) is 4.03. The normalized spacial score (nSPS) is 28.5. The SMILES string of the molecule is C[C@@H]1O[C@H](C)c2ccccc21. The van der Waals surface area contributed by atoms with Crippen molar-refractivity contribution in [1.82, 2.24) is 0 Å². The van der Waals surface area contributed by atoms with Crippen molar-refractivity contribution in [3.63, 3.8) is 0 Å². The van der Waals surface area contributed by atoms with Crippen LogP contribution in [0.3, 0.4) is 0 Å². The summed E-state index contributed by atoms with van der Waals surface area (Å²) in [4.78, 5) is 0. The average Bonchev–Trinajstić information content (AvgIpc) is 2.30. The lowest BCUT2D eigenvalue weighted by Gasteiger charge is -2.03. The van der Waals surface area contributed by atoms with E-state index in [1.54, 1.807) is 0 Å². The van der Waals surface area contributed by atoms with Crippen molar-refractivity contribution in [3.8, 4) is 0 Å². The van der Waals surface area contributed by atoms with Gasteiger partial charge in [-0.1, -0.05) is 24.3 Å². The van der Waals surface area contributed by atoms with E-state index in [0.29, 0.717) is 0 Å². The van der Waals surface area contributed by atoms with Crippen molar-refractivity contribution in [2.24, 2.45) is 0 Å². The minimum Gasteiger partial charge on any atom is -0.366 e. The van der Waals surface area contributed by atoms with E-state index in [1.165, 1.54) is 11.1 Å². The first kappa shape index (κ1) is 6.86. The smallest absolute Gasteiger partial charge is 0.0808 e. The molecule has 0 amide bonds. The predicted molar refractivity (Wildman–Crippen MR) is 44.4 cm³/mol. The molecule has 1 heterocycles. The Morgan fingerprint density at radius 2 is 1.45 bits per heavy atom. The fourth-order valence-corrected chi connectivity index (χ4v) is 1.70. The van der Waals surface area contributed by atoms with Crippen LogP contribution in [0, 0.1) is 0 Å². The molecule has 1 aliphatic rings. The summed E-state index contributed by atoms with van der Waals surface area (Å²) in [5.41, 5.74) is 2.69. The molecule has 2 atom stereocenters. The minimum absolute atomic E-state index is 0.279. The number of hydrogen-bond acceptors (Lipinski definition) is 1. The summed E-state index contributed by atoms with van der Waals surface area (Å²) in [5.74, 6) is 0. The molecule has 0 fully saturated rings. The second-order valence-corrected chi connectivity index (χ2v) is 3.05. The van der Waals surface area contributed by atoms with Crippen LogP contribution in [0.15, 0.2) is 24.3 Å². The van der Waals surface area contributed by atoms with Gasteiger partial charge in [-0.3, -0.25) is 0 Å². The summed E-state index contributed by atoms with van der Waals surface area (Å²) < 4.78 is 5.63. The molecule has 1 heteroatoms. The minimum atomic E-state index is 0.279. The van der Waals surface area contributed by atoms with Crippen molar-refractivity contribution >= 4 is 0 Å². The zero-order valence-electron chi connectivity index (χ0n) is 6.87. The van der Waals surface area contributed by atoms with Gasteiger partial charge in [-0.05, 0) is 25.0 Å². The van der Waals surface area contributed by atoms with E-state index in [4.69, 9.17) is 4.74 Å². The third-order valence-corrected chi connectivity index (χ3v) is 2.28. The summed E-state index contributed by atoms with van der Waals surface area (Å²) >= 11 is 0. The highest BCUT2D eigenvalue weighted by Crippen LogP contribution is 2.37. The zero-order chi connectivity index (χ0) is 7.84. The maximum atomic E-state index is 5.63. The lowest BCUT2D eigenvalue weighted by molar-refractivity contribution is 0.0332. The van der Waals surface area contributed by atoms with Gasteiger partial charge in [-0.15, -0.1) is 0 Å². The van der Waals surface area contributed by atoms with Crippen LogP contribution in [-0.4, -0.2) is 0 Å². The predicted octanol–water partition coefficient (Wildman–Crippen LogP) is 2.84. The van der Waals surface area contributed by atoms with Crippen LogP contribution in [0.4, 0.5) is 0 Å². The van der Waals surface area contributed by atoms with E-state index in [2.05, 4.69) is 38.1 Å². The van der Waals surface area contributed by atoms with Crippen molar-refractivity contribution in [2.75, 3.05) is 0 Å². The molecule has 1 nitrogen and oxygen atoms in total. The van der Waals surface area contributed by atoms with E-state index >= 15 is 0 Å². The standard InChI is InChI=1S/C10H12O/c1-7-9-5-3-4-6-10(9)8(2)11-7/h3-8H,1-2H3/t7-,8+. The number of benzene rings is 1. The Balaban J connectivity index is 2.52. The van der Waals surface area contributed by atoms with Crippen molar-refractivity contribution in [2.45, 2.75) is 26.1 Å². The number of rotatable bonds is 0. The van der Waals surface area contributed by atoms with Crippen LogP contribution >= 0.6 is 0 Å². The van der Waals surface area contributed by atoms with Crippen molar-refractivity contribution in [1.29, 1.82) is 0 Å². The quantitative estimate of drug-likeness (QED) is 0.549. The third-order valence-electron chi connectivity index (χ3n) is 2.28. The third kappa shape index (κ3) is 0.962. The molecule has 0 radical (unpaired) electrons. The molecule has 0 spiro atoms. The van der Waals surface area contributed by atoms with Crippen LogP contribution in [0.1, 0.15) is 37.2 Å². The van der Waals surface area contributed by atoms with Crippen molar-refractivity contribution < 1.29 is 4.74 Å². The highest BCUT2D eigenvalue weighted by Gasteiger charge is 2.24. The van der Waals surface area contributed by atoms with Crippen molar-refractivity contribution in [3.05, 3.63) is 35.4 Å². The van der Waals surface area contributed by atoms with E-state index in [-0.39, 0.29) is 12.2 Å². The molecule has 0 bridgehead atoms. The first-order valence-electron chi connectivity index (χ1n) is 4.03. The Morgan fingerprint density at radius 3 is 1.91 bits per heavy atom. The van der Waals surface area contributed by atoms with Crippen LogP contribution in [0.5, 0.6) is 0 Å². The fourth-order valence-electron chi connectivity index (χ4n) is 1.70. The Hall–Kier alpha value is -0.820. The van der Waals surface area contributed by atoms with Crippen LogP contribution in [-0.2, 0) is 4.74 Å². The van der Waals surface area contributed by atoms with E-state index < -0.39 is 0 Å². The molecule has 1 aromatic carbocycles. The lowest BCUT2D eigenvalue weighted by Crippen LogP contribution is -1.88. The Labute approximate surface area is 67.0 Å². The molecule has 0 aromatic heterocycles. The summed E-state index contributed by atoms with van der Waals surface area (Å²) in [5, 5.41) is 0. The van der Waals surface area contributed by atoms with Gasteiger partial charge in [0.15, 0.2) is 0 Å². The van der Waals surface area contributed by atoms with Crippen LogP contribution in [0.25, 0.3) is 0 Å². The van der Waals surface area contributed by atoms with Crippen LogP contribution < -0.4 is 0 Å². The maximum absolute atomic E-state index is 5.63. The average molecular weight is 148 g/mol. The van der Waals surface area contributed by atoms with Gasteiger partial charge in [0.1, 0.15) is 0 Å². The molecule has 58 valence electrons. The summed E-state index contributed by atoms with van der Waals surface area (Å²) in [6.07, 6.45) is 0.558. The second-order valence-electron chi connectivity index (χ2n) is 3.05. The van der Waals surface area contributed by atoms with E-state index in [9.17, 15) is 0 Å². The molecule has 0 aliphatic carbocycles. The Bertz CT molecular complexity index is 240. The lowest BCUT2D eigenvalue weighted by atomic mass is 10.0. The second kappa shape index (κ2) is 2.35. The molecule has 2 rings (SSSR count). The van der Waals surface area contributed by atoms with Gasteiger partial charge in [0.05, 0.1) is 12.2 Å². The summed E-state index contributed by atoms with van der Waals surface area (Å²) in [6.45, 7) is 4.20. The Morgan fingerprint density at radius 1 is 1.00 bits per heavy atom. The molecular weight excluding hydrogens is 136 g/mol. The zero-order valence-corrected chi connectivity index (χ0v) is 6.87. The molecule has 0 saturated heterocycles. The van der Waals surface area contributed by atoms with Gasteiger partial charge >= 0.3 is 0 Å². The molecule has 1 aliphatic heterocycles.